The first-order valence-corrected chi connectivity index (χ1v) is 11.1. The Kier molecular flexibility index (Phi) is 6.29. The van der Waals surface area contributed by atoms with Crippen molar-refractivity contribution < 1.29 is 19.1 Å². The largest absolute Gasteiger partial charge is 0.493 e. The van der Waals surface area contributed by atoms with Gasteiger partial charge in [0, 0.05) is 12.2 Å². The molecule has 6 nitrogen and oxygen atoms in total. The van der Waals surface area contributed by atoms with E-state index in [4.69, 9.17) is 21.7 Å². The quantitative estimate of drug-likeness (QED) is 0.505. The molecule has 0 atom stereocenters. The standard InChI is InChI=1S/C23H22N2O4S2/c1-28-18-10-9-15(12-19(18)29-2)13-20-22(27)25(23(30)31-20)14-21(26)24-11-5-7-16-6-3-4-8-17(16)24/h3-4,6,8-10,12-13H,5,7,11,14H2,1-2H3. The van der Waals surface area contributed by atoms with Crippen molar-refractivity contribution in [1.82, 2.24) is 4.90 Å². The van der Waals surface area contributed by atoms with Crippen molar-refractivity contribution in [2.45, 2.75) is 12.8 Å². The van der Waals surface area contributed by atoms with Crippen LogP contribution in [0, 0.1) is 0 Å². The Balaban J connectivity index is 1.52. The Morgan fingerprint density at radius 2 is 1.94 bits per heavy atom. The van der Waals surface area contributed by atoms with E-state index in [0.717, 1.165) is 29.7 Å². The number of rotatable bonds is 5. The zero-order valence-electron chi connectivity index (χ0n) is 17.3. The lowest BCUT2D eigenvalue weighted by Gasteiger charge is -2.30. The molecule has 2 aromatic rings. The topological polar surface area (TPSA) is 59.1 Å². The highest BCUT2D eigenvalue weighted by Gasteiger charge is 2.35. The Hall–Kier alpha value is -2.84. The van der Waals surface area contributed by atoms with E-state index in [1.54, 1.807) is 37.3 Å². The van der Waals surface area contributed by atoms with Crippen LogP contribution in [-0.4, -0.2) is 48.3 Å². The minimum atomic E-state index is -0.261. The van der Waals surface area contributed by atoms with E-state index in [0.29, 0.717) is 27.3 Å². The normalized spacial score (nSPS) is 17.2. The number of fused-ring (bicyclic) bond motifs is 1. The number of methoxy groups -OCH3 is 2. The van der Waals surface area contributed by atoms with Crippen molar-refractivity contribution in [1.29, 1.82) is 0 Å². The lowest BCUT2D eigenvalue weighted by Crippen LogP contribution is -2.44. The van der Waals surface area contributed by atoms with Crippen LogP contribution in [0.1, 0.15) is 17.5 Å². The van der Waals surface area contributed by atoms with Crippen molar-refractivity contribution in [3.63, 3.8) is 0 Å². The average molecular weight is 455 g/mol. The van der Waals surface area contributed by atoms with Crippen molar-refractivity contribution in [2.24, 2.45) is 0 Å². The molecule has 2 heterocycles. The Morgan fingerprint density at radius 3 is 2.71 bits per heavy atom. The summed E-state index contributed by atoms with van der Waals surface area (Å²) in [6.45, 7) is 0.578. The Bertz CT molecular complexity index is 1080. The van der Waals surface area contributed by atoms with Crippen LogP contribution in [0.25, 0.3) is 6.08 Å². The monoisotopic (exact) mass is 454 g/mol. The summed E-state index contributed by atoms with van der Waals surface area (Å²) in [6, 6.07) is 13.3. The number of benzene rings is 2. The second-order valence-corrected chi connectivity index (χ2v) is 8.84. The zero-order chi connectivity index (χ0) is 22.0. The summed E-state index contributed by atoms with van der Waals surface area (Å²) < 4.78 is 11.0. The van der Waals surface area contributed by atoms with Gasteiger partial charge in [-0.15, -0.1) is 0 Å². The number of thiocarbonyl (C=S) groups is 1. The number of para-hydroxylation sites is 1. The van der Waals surface area contributed by atoms with E-state index in [1.807, 2.05) is 30.3 Å². The van der Waals surface area contributed by atoms with Crippen LogP contribution in [0.2, 0.25) is 0 Å². The minimum absolute atomic E-state index is 0.0672. The van der Waals surface area contributed by atoms with Crippen LogP contribution < -0.4 is 14.4 Å². The summed E-state index contributed by atoms with van der Waals surface area (Å²) in [5, 5.41) is 0. The summed E-state index contributed by atoms with van der Waals surface area (Å²) in [7, 11) is 3.13. The molecule has 0 unspecified atom stereocenters. The third-order valence-corrected chi connectivity index (χ3v) is 6.66. The Morgan fingerprint density at radius 1 is 1.16 bits per heavy atom. The maximum Gasteiger partial charge on any atom is 0.266 e. The van der Waals surface area contributed by atoms with Gasteiger partial charge in [-0.05, 0) is 48.2 Å². The van der Waals surface area contributed by atoms with Crippen molar-refractivity contribution in [2.75, 3.05) is 32.2 Å². The van der Waals surface area contributed by atoms with Crippen LogP contribution >= 0.6 is 24.0 Å². The number of thioether (sulfide) groups is 1. The molecule has 1 saturated heterocycles. The van der Waals surface area contributed by atoms with Gasteiger partial charge in [-0.3, -0.25) is 14.5 Å². The molecule has 4 rings (SSSR count). The van der Waals surface area contributed by atoms with Crippen molar-refractivity contribution in [3.05, 3.63) is 58.5 Å². The molecule has 0 bridgehead atoms. The molecule has 2 aliphatic rings. The fraction of sp³-hybridized carbons (Fsp3) is 0.261. The predicted octanol–water partition coefficient (Wildman–Crippen LogP) is 3.88. The van der Waals surface area contributed by atoms with Gasteiger partial charge in [-0.2, -0.15) is 0 Å². The fourth-order valence-corrected chi connectivity index (χ4v) is 5.00. The molecule has 31 heavy (non-hydrogen) atoms. The smallest absolute Gasteiger partial charge is 0.266 e. The number of ether oxygens (including phenoxy) is 2. The summed E-state index contributed by atoms with van der Waals surface area (Å²) in [4.78, 5) is 29.6. The van der Waals surface area contributed by atoms with Crippen LogP contribution in [-0.2, 0) is 16.0 Å². The van der Waals surface area contributed by atoms with E-state index < -0.39 is 0 Å². The summed E-state index contributed by atoms with van der Waals surface area (Å²) >= 11 is 6.61. The third-order valence-electron chi connectivity index (χ3n) is 5.28. The highest BCUT2D eigenvalue weighted by Crippen LogP contribution is 2.35. The zero-order valence-corrected chi connectivity index (χ0v) is 18.9. The van der Waals surface area contributed by atoms with Crippen molar-refractivity contribution >= 4 is 51.9 Å². The number of nitrogens with zero attached hydrogens (tertiary/aromatic N) is 2. The summed E-state index contributed by atoms with van der Waals surface area (Å²) in [5.74, 6) is 0.796. The maximum absolute atomic E-state index is 13.0. The Labute approximate surface area is 190 Å². The number of aryl methyl sites for hydroxylation is 1. The molecular weight excluding hydrogens is 432 g/mol. The van der Waals surface area contributed by atoms with E-state index >= 15 is 0 Å². The van der Waals surface area contributed by atoms with Gasteiger partial charge >= 0.3 is 0 Å². The van der Waals surface area contributed by atoms with Gasteiger partial charge in [0.05, 0.1) is 19.1 Å². The van der Waals surface area contributed by atoms with Gasteiger partial charge in [0.15, 0.2) is 11.5 Å². The van der Waals surface area contributed by atoms with Crippen LogP contribution in [0.5, 0.6) is 11.5 Å². The molecule has 0 radical (unpaired) electrons. The number of amides is 2. The predicted molar refractivity (Wildman–Crippen MR) is 127 cm³/mol. The molecular formula is C23H22N2O4S2. The van der Waals surface area contributed by atoms with Gasteiger partial charge in [-0.25, -0.2) is 0 Å². The molecule has 8 heteroatoms. The second kappa shape index (κ2) is 9.11. The molecule has 0 aliphatic carbocycles. The fourth-order valence-electron chi connectivity index (χ4n) is 3.74. The van der Waals surface area contributed by atoms with Gasteiger partial charge in [0.1, 0.15) is 10.9 Å². The molecule has 0 saturated carbocycles. The lowest BCUT2D eigenvalue weighted by atomic mass is 10.0. The summed E-state index contributed by atoms with van der Waals surface area (Å²) in [5.41, 5.74) is 2.86. The van der Waals surface area contributed by atoms with Crippen LogP contribution in [0.15, 0.2) is 47.4 Å². The molecule has 2 aromatic carbocycles. The van der Waals surface area contributed by atoms with E-state index in [2.05, 4.69) is 0 Å². The lowest BCUT2D eigenvalue weighted by molar-refractivity contribution is -0.127. The van der Waals surface area contributed by atoms with Crippen LogP contribution in [0.4, 0.5) is 5.69 Å². The van der Waals surface area contributed by atoms with Gasteiger partial charge < -0.3 is 14.4 Å². The van der Waals surface area contributed by atoms with E-state index in [1.165, 1.54) is 16.7 Å². The maximum atomic E-state index is 13.0. The molecule has 2 amide bonds. The second-order valence-electron chi connectivity index (χ2n) is 7.16. The third kappa shape index (κ3) is 4.31. The first-order chi connectivity index (χ1) is 15.0. The number of carbonyl (C=O) groups is 2. The molecule has 1 fully saturated rings. The molecule has 160 valence electrons. The van der Waals surface area contributed by atoms with E-state index in [-0.39, 0.29) is 18.4 Å². The van der Waals surface area contributed by atoms with E-state index in [9.17, 15) is 9.59 Å². The van der Waals surface area contributed by atoms with Gasteiger partial charge in [-0.1, -0.05) is 48.2 Å². The number of hydrogen-bond acceptors (Lipinski definition) is 6. The number of hydrogen-bond donors (Lipinski definition) is 0. The number of anilines is 1. The molecule has 2 aliphatic heterocycles. The molecule has 0 aromatic heterocycles. The SMILES string of the molecule is COc1ccc(C=C2SC(=S)N(CC(=O)N3CCCc4ccccc43)C2=O)cc1OC. The van der Waals surface area contributed by atoms with Gasteiger partial charge in [0.2, 0.25) is 5.91 Å². The minimum Gasteiger partial charge on any atom is -0.493 e. The molecule has 0 spiro atoms. The first kappa shape index (κ1) is 21.4. The van der Waals surface area contributed by atoms with Crippen LogP contribution in [0.3, 0.4) is 0 Å². The van der Waals surface area contributed by atoms with Crippen molar-refractivity contribution in [3.8, 4) is 11.5 Å². The highest BCUT2D eigenvalue weighted by atomic mass is 32.2. The highest BCUT2D eigenvalue weighted by molar-refractivity contribution is 8.26. The molecule has 0 N–H and O–H groups in total. The van der Waals surface area contributed by atoms with Gasteiger partial charge in [0.25, 0.3) is 5.91 Å². The number of carbonyl (C=O) groups excluding carboxylic acids is 2. The summed E-state index contributed by atoms with van der Waals surface area (Å²) in [6.07, 6.45) is 3.61. The first-order valence-electron chi connectivity index (χ1n) is 9.87. The average Bonchev–Trinajstić information content (AvgIpc) is 3.05.